The fraction of sp³-hybridized carbons (Fsp3) is 0.974. The number of hydrogen-bond donors (Lipinski definition) is 0. The van der Waals surface area contributed by atoms with Crippen LogP contribution < -0.4 is 0 Å². The van der Waals surface area contributed by atoms with Crippen LogP contribution in [0.1, 0.15) is 464 Å². The molecule has 490 valence electrons. The number of rotatable bonds is 73. The molecule has 0 aliphatic carbocycles. The van der Waals surface area contributed by atoms with Crippen LogP contribution in [0.5, 0.6) is 0 Å². The van der Waals surface area contributed by atoms with Crippen LogP contribution >= 0.6 is 0 Å². The van der Waals surface area contributed by atoms with Crippen LogP contribution in [-0.4, -0.2) is 47.8 Å². The fourth-order valence-electron chi connectivity index (χ4n) is 13.0. The normalized spacial score (nSPS) is 11.6. The summed E-state index contributed by atoms with van der Waals surface area (Å²) in [6, 6.07) is 0. The Morgan fingerprint density at radius 2 is 0.268 bits per heavy atom. The topological polar surface area (TPSA) is 40.6 Å². The maximum Gasteiger partial charge on any atom is 0.222 e. The first-order valence-corrected chi connectivity index (χ1v) is 39.2. The van der Waals surface area contributed by atoms with Gasteiger partial charge in [0.05, 0.1) is 0 Å². The van der Waals surface area contributed by atoms with Gasteiger partial charge in [0.1, 0.15) is 0 Å². The molecule has 82 heavy (non-hydrogen) atoms. The first kappa shape index (κ1) is 80.9. The molecular formula is C78H156N2O2. The Morgan fingerprint density at radius 1 is 0.159 bits per heavy atom. The fourth-order valence-corrected chi connectivity index (χ4v) is 13.0. The molecular weight excluding hydrogens is 997 g/mol. The lowest BCUT2D eigenvalue weighted by Crippen LogP contribution is -2.33. The van der Waals surface area contributed by atoms with E-state index in [1.54, 1.807) is 0 Å². The highest BCUT2D eigenvalue weighted by molar-refractivity contribution is 5.77. The molecule has 0 N–H and O–H groups in total. The number of nitrogens with zero attached hydrogens (tertiary/aromatic N) is 2. The molecule has 4 heteroatoms. The zero-order valence-corrected chi connectivity index (χ0v) is 57.6. The number of carbonyl (C=O) groups is 2. The molecule has 0 aromatic carbocycles. The molecule has 0 saturated heterocycles. The highest BCUT2D eigenvalue weighted by Gasteiger charge is 2.16. The van der Waals surface area contributed by atoms with E-state index in [2.05, 4.69) is 37.5 Å². The van der Waals surface area contributed by atoms with Gasteiger partial charge in [0.2, 0.25) is 11.8 Å². The number of hydrogen-bond acceptors (Lipinski definition) is 2. The zero-order valence-electron chi connectivity index (χ0n) is 57.6. The molecule has 0 saturated carbocycles. The minimum atomic E-state index is 0.354. The SMILES string of the molecule is CCCCCCCCCCCCCCCCCCN(CCCCCCCCCCCCCCCCCC)C(=O)CCCCC(=O)N(CCCCCCCCCCCCCCCCCC)CCCCCCCCCCCCCCCCCC. The lowest BCUT2D eigenvalue weighted by Gasteiger charge is -2.24. The second-order valence-electron chi connectivity index (χ2n) is 27.2. The first-order chi connectivity index (χ1) is 40.6. The van der Waals surface area contributed by atoms with Gasteiger partial charge in [-0.15, -0.1) is 0 Å². The van der Waals surface area contributed by atoms with Crippen molar-refractivity contribution < 1.29 is 9.59 Å². The third-order valence-electron chi connectivity index (χ3n) is 18.9. The van der Waals surface area contributed by atoms with Crippen LogP contribution in [0.15, 0.2) is 0 Å². The molecule has 0 spiro atoms. The summed E-state index contributed by atoms with van der Waals surface area (Å²) in [6.45, 7) is 13.0. The molecule has 0 unspecified atom stereocenters. The van der Waals surface area contributed by atoms with Crippen molar-refractivity contribution in [3.63, 3.8) is 0 Å². The van der Waals surface area contributed by atoms with Gasteiger partial charge >= 0.3 is 0 Å². The van der Waals surface area contributed by atoms with Gasteiger partial charge in [0, 0.05) is 39.0 Å². The average molecular weight is 1150 g/mol. The lowest BCUT2D eigenvalue weighted by molar-refractivity contribution is -0.133. The summed E-state index contributed by atoms with van der Waals surface area (Å²) in [7, 11) is 0. The van der Waals surface area contributed by atoms with Gasteiger partial charge in [-0.05, 0) is 38.5 Å². The summed E-state index contributed by atoms with van der Waals surface area (Å²) in [5.41, 5.74) is 0. The third kappa shape index (κ3) is 64.9. The van der Waals surface area contributed by atoms with E-state index in [0.717, 1.165) is 64.7 Å². The van der Waals surface area contributed by atoms with Crippen molar-refractivity contribution in [3.05, 3.63) is 0 Å². The second kappa shape index (κ2) is 72.4. The molecule has 0 bridgehead atoms. The van der Waals surface area contributed by atoms with Gasteiger partial charge in [-0.2, -0.15) is 0 Å². The Bertz CT molecular complexity index is 1030. The highest BCUT2D eigenvalue weighted by Crippen LogP contribution is 2.20. The van der Waals surface area contributed by atoms with E-state index in [-0.39, 0.29) is 0 Å². The van der Waals surface area contributed by atoms with Crippen LogP contribution in [0.2, 0.25) is 0 Å². The molecule has 0 aliphatic rings. The summed E-state index contributed by atoms with van der Waals surface area (Å²) in [5.74, 6) is 0.708. The molecule has 0 aliphatic heterocycles. The molecule has 2 amide bonds. The lowest BCUT2D eigenvalue weighted by atomic mass is 10.0. The molecule has 0 atom stereocenters. The molecule has 0 fully saturated rings. The molecule has 0 aromatic heterocycles. The standard InChI is InChI=1S/C78H156N2O2/c1-5-9-13-17-21-25-29-33-37-41-45-49-53-57-61-67-73-79(74-68-62-58-54-50-46-42-38-34-30-26-22-18-14-10-6-2)77(81)71-65-66-72-78(82)80(75-69-63-59-55-51-47-43-39-35-31-27-23-19-15-11-7-3)76-70-64-60-56-52-48-44-40-36-32-28-24-20-16-12-8-4/h5-76H2,1-4H3. The van der Waals surface area contributed by atoms with Crippen LogP contribution in [0, 0.1) is 0 Å². The number of unbranched alkanes of at least 4 members (excludes halogenated alkanes) is 61. The van der Waals surface area contributed by atoms with E-state index in [1.165, 1.54) is 385 Å². The Labute approximate surface area is 519 Å². The van der Waals surface area contributed by atoms with Crippen molar-refractivity contribution in [1.82, 2.24) is 9.80 Å². The van der Waals surface area contributed by atoms with Gasteiger partial charge in [0.15, 0.2) is 0 Å². The Hall–Kier alpha value is -1.06. The average Bonchev–Trinajstić information content (AvgIpc) is 3.48. The van der Waals surface area contributed by atoms with Crippen LogP contribution in [0.4, 0.5) is 0 Å². The maximum absolute atomic E-state index is 13.9. The van der Waals surface area contributed by atoms with E-state index in [0.29, 0.717) is 24.7 Å². The minimum Gasteiger partial charge on any atom is -0.343 e. The van der Waals surface area contributed by atoms with E-state index >= 15 is 0 Å². The van der Waals surface area contributed by atoms with Crippen molar-refractivity contribution in [2.24, 2.45) is 0 Å². The first-order valence-electron chi connectivity index (χ1n) is 39.2. The van der Waals surface area contributed by atoms with Crippen molar-refractivity contribution in [2.75, 3.05) is 26.2 Å². The van der Waals surface area contributed by atoms with Gasteiger partial charge in [-0.25, -0.2) is 0 Å². The molecule has 0 heterocycles. The summed E-state index contributed by atoms with van der Waals surface area (Å²) < 4.78 is 0. The maximum atomic E-state index is 13.9. The van der Waals surface area contributed by atoms with Crippen molar-refractivity contribution >= 4 is 11.8 Å². The van der Waals surface area contributed by atoms with E-state index in [1.807, 2.05) is 0 Å². The summed E-state index contributed by atoms with van der Waals surface area (Å²) in [6.07, 6.45) is 91.4. The Morgan fingerprint density at radius 3 is 0.390 bits per heavy atom. The van der Waals surface area contributed by atoms with E-state index in [4.69, 9.17) is 0 Å². The van der Waals surface area contributed by atoms with Gasteiger partial charge in [-0.1, -0.05) is 413 Å². The number of amides is 2. The Kier molecular flexibility index (Phi) is 71.5. The smallest absolute Gasteiger partial charge is 0.222 e. The van der Waals surface area contributed by atoms with Gasteiger partial charge < -0.3 is 9.80 Å². The summed E-state index contributed by atoms with van der Waals surface area (Å²) >= 11 is 0. The molecule has 0 rings (SSSR count). The quantitative estimate of drug-likeness (QED) is 0.0570. The summed E-state index contributed by atoms with van der Waals surface area (Å²) in [5, 5.41) is 0. The van der Waals surface area contributed by atoms with Gasteiger partial charge in [0.25, 0.3) is 0 Å². The van der Waals surface area contributed by atoms with Crippen molar-refractivity contribution in [3.8, 4) is 0 Å². The molecule has 0 radical (unpaired) electrons. The predicted octanol–water partition coefficient (Wildman–Crippen LogP) is 27.3. The molecule has 4 nitrogen and oxygen atoms in total. The number of carbonyl (C=O) groups excluding carboxylic acids is 2. The monoisotopic (exact) mass is 1150 g/mol. The minimum absolute atomic E-state index is 0.354. The summed E-state index contributed by atoms with van der Waals surface area (Å²) in [4.78, 5) is 32.3. The zero-order chi connectivity index (χ0) is 59.2. The van der Waals surface area contributed by atoms with E-state index < -0.39 is 0 Å². The van der Waals surface area contributed by atoms with Crippen LogP contribution in [0.25, 0.3) is 0 Å². The molecule has 0 aromatic rings. The van der Waals surface area contributed by atoms with Crippen LogP contribution in [0.3, 0.4) is 0 Å². The van der Waals surface area contributed by atoms with Crippen LogP contribution in [-0.2, 0) is 9.59 Å². The highest BCUT2D eigenvalue weighted by atomic mass is 16.2. The van der Waals surface area contributed by atoms with Gasteiger partial charge in [-0.3, -0.25) is 9.59 Å². The van der Waals surface area contributed by atoms with Crippen molar-refractivity contribution in [1.29, 1.82) is 0 Å². The Balaban J connectivity index is 4.88. The predicted molar refractivity (Wildman–Crippen MR) is 370 cm³/mol. The second-order valence-corrected chi connectivity index (χ2v) is 27.2. The largest absolute Gasteiger partial charge is 0.343 e. The van der Waals surface area contributed by atoms with Crippen molar-refractivity contribution in [2.45, 2.75) is 464 Å². The third-order valence-corrected chi connectivity index (χ3v) is 18.9. The van der Waals surface area contributed by atoms with E-state index in [9.17, 15) is 9.59 Å².